The summed E-state index contributed by atoms with van der Waals surface area (Å²) in [6.45, 7) is -0.0556. The predicted octanol–water partition coefficient (Wildman–Crippen LogP) is 3.92. The molecule has 3 aromatic carbocycles. The molecule has 2 amide bonds. The Balaban J connectivity index is 1.45. The third-order valence-corrected chi connectivity index (χ3v) is 5.85. The molecule has 1 aliphatic heterocycles. The Hall–Kier alpha value is -4.86. The van der Waals surface area contributed by atoms with E-state index < -0.39 is 12.6 Å². The summed E-state index contributed by atoms with van der Waals surface area (Å²) in [5.74, 6) is -0.312. The summed E-state index contributed by atoms with van der Waals surface area (Å²) in [5.41, 5.74) is 7.69. The van der Waals surface area contributed by atoms with Crippen LogP contribution in [-0.4, -0.2) is 41.9 Å². The Morgan fingerprint density at radius 2 is 1.79 bits per heavy atom. The number of nitrogens with two attached hydrogens (primary N) is 1. The van der Waals surface area contributed by atoms with E-state index in [1.807, 2.05) is 0 Å². The van der Waals surface area contributed by atoms with Gasteiger partial charge >= 0.3 is 5.97 Å². The number of aliphatic carboxylic acids is 1. The number of nitrogen functional groups attached to an aromatic ring is 1. The summed E-state index contributed by atoms with van der Waals surface area (Å²) < 4.78 is 11.3. The number of hydrogen-bond donors (Lipinski definition) is 4. The van der Waals surface area contributed by atoms with Gasteiger partial charge in [0.15, 0.2) is 6.61 Å². The zero-order valence-electron chi connectivity index (χ0n) is 20.6. The van der Waals surface area contributed by atoms with Crippen LogP contribution >= 0.6 is 0 Å². The molecule has 1 fully saturated rings. The Labute approximate surface area is 219 Å². The quantitative estimate of drug-likeness (QED) is 0.235. The van der Waals surface area contributed by atoms with E-state index in [0.29, 0.717) is 47.0 Å². The number of nitrogens with one attached hydrogen (secondary N) is 2. The average Bonchev–Trinajstić information content (AvgIpc) is 2.88. The minimum atomic E-state index is -1.15. The van der Waals surface area contributed by atoms with Crippen molar-refractivity contribution in [2.24, 2.45) is 5.73 Å². The van der Waals surface area contributed by atoms with Crippen LogP contribution in [-0.2, 0) is 20.8 Å². The molecule has 1 aliphatic rings. The largest absolute Gasteiger partial charge is 0.480 e. The molecular formula is C28H28N4O6. The maximum absolute atomic E-state index is 12.8. The molecule has 0 spiro atoms. The SMILES string of the molecule is N=C(N)c1cccc(Oc2cccc(CC(=O)Nc3ccc(N4CCCCC4=O)c(OCC(=O)O)c3)c2)c1. The maximum atomic E-state index is 12.8. The molecule has 5 N–H and O–H groups in total. The number of hydrogen-bond acceptors (Lipinski definition) is 6. The Bertz CT molecular complexity index is 1370. The molecular weight excluding hydrogens is 488 g/mol. The number of carbonyl (C=O) groups excluding carboxylic acids is 2. The Morgan fingerprint density at radius 1 is 1.03 bits per heavy atom. The van der Waals surface area contributed by atoms with Gasteiger partial charge in [0.05, 0.1) is 12.1 Å². The number of amidine groups is 1. The maximum Gasteiger partial charge on any atom is 0.341 e. The van der Waals surface area contributed by atoms with Gasteiger partial charge in [0, 0.05) is 30.3 Å². The van der Waals surface area contributed by atoms with Crippen LogP contribution in [0, 0.1) is 5.41 Å². The lowest BCUT2D eigenvalue weighted by molar-refractivity contribution is -0.139. The monoisotopic (exact) mass is 516 g/mol. The number of carboxylic acid groups (broad SMARTS) is 1. The first kappa shape index (κ1) is 26.2. The van der Waals surface area contributed by atoms with Gasteiger partial charge in [0.1, 0.15) is 23.1 Å². The zero-order valence-corrected chi connectivity index (χ0v) is 20.6. The van der Waals surface area contributed by atoms with Crippen molar-refractivity contribution in [1.29, 1.82) is 5.41 Å². The van der Waals surface area contributed by atoms with Crippen LogP contribution < -0.4 is 25.4 Å². The van der Waals surface area contributed by atoms with Crippen LogP contribution in [0.15, 0.2) is 66.7 Å². The molecule has 10 nitrogen and oxygen atoms in total. The van der Waals surface area contributed by atoms with Crippen LogP contribution in [0.3, 0.4) is 0 Å². The second-order valence-electron chi connectivity index (χ2n) is 8.78. The van der Waals surface area contributed by atoms with Gasteiger partial charge in [-0.3, -0.25) is 15.0 Å². The van der Waals surface area contributed by atoms with Gasteiger partial charge in [-0.1, -0.05) is 24.3 Å². The van der Waals surface area contributed by atoms with E-state index in [0.717, 1.165) is 12.8 Å². The molecule has 0 aromatic heterocycles. The molecule has 4 rings (SSSR count). The lowest BCUT2D eigenvalue weighted by Crippen LogP contribution is -2.35. The number of amides is 2. The van der Waals surface area contributed by atoms with Crippen molar-refractivity contribution < 1.29 is 29.0 Å². The third kappa shape index (κ3) is 6.88. The topological polar surface area (TPSA) is 155 Å². The van der Waals surface area contributed by atoms with E-state index in [9.17, 15) is 14.4 Å². The minimum Gasteiger partial charge on any atom is -0.480 e. The van der Waals surface area contributed by atoms with Crippen LogP contribution in [0.5, 0.6) is 17.2 Å². The summed E-state index contributed by atoms with van der Waals surface area (Å²) in [6, 6.07) is 18.8. The standard InChI is InChI=1S/C28H28N4O6/c29-28(30)19-6-4-8-22(15-19)38-21-7-3-5-18(13-21)14-25(33)31-20-10-11-23(24(16-20)37-17-27(35)36)32-12-2-1-9-26(32)34/h3-8,10-11,13,15-16H,1-2,9,12,14,17H2,(H3,29,30)(H,31,33)(H,35,36). The summed E-state index contributed by atoms with van der Waals surface area (Å²) in [4.78, 5) is 37.9. The van der Waals surface area contributed by atoms with Crippen molar-refractivity contribution in [3.63, 3.8) is 0 Å². The number of carboxylic acids is 1. The smallest absolute Gasteiger partial charge is 0.341 e. The molecule has 0 bridgehead atoms. The average molecular weight is 517 g/mol. The van der Waals surface area contributed by atoms with E-state index in [-0.39, 0.29) is 29.8 Å². The van der Waals surface area contributed by atoms with Gasteiger partial charge in [-0.25, -0.2) is 4.79 Å². The van der Waals surface area contributed by atoms with Gasteiger partial charge in [0.25, 0.3) is 0 Å². The molecule has 1 heterocycles. The fraction of sp³-hybridized carbons (Fsp3) is 0.214. The van der Waals surface area contributed by atoms with Crippen molar-refractivity contribution in [2.75, 3.05) is 23.4 Å². The van der Waals surface area contributed by atoms with Gasteiger partial charge in [-0.2, -0.15) is 0 Å². The highest BCUT2D eigenvalue weighted by Gasteiger charge is 2.23. The molecule has 3 aromatic rings. The predicted molar refractivity (Wildman–Crippen MR) is 142 cm³/mol. The van der Waals surface area contributed by atoms with Crippen molar-refractivity contribution in [3.05, 3.63) is 77.9 Å². The van der Waals surface area contributed by atoms with Crippen LogP contribution in [0.2, 0.25) is 0 Å². The molecule has 1 saturated heterocycles. The number of anilines is 2. The first-order chi connectivity index (χ1) is 18.3. The minimum absolute atomic E-state index is 0.0525. The van der Waals surface area contributed by atoms with E-state index >= 15 is 0 Å². The van der Waals surface area contributed by atoms with E-state index in [1.54, 1.807) is 65.6 Å². The first-order valence-corrected chi connectivity index (χ1v) is 12.1. The van der Waals surface area contributed by atoms with Crippen molar-refractivity contribution in [2.45, 2.75) is 25.7 Å². The lowest BCUT2D eigenvalue weighted by atomic mass is 10.1. The summed E-state index contributed by atoms with van der Waals surface area (Å²) in [6.07, 6.45) is 2.13. The molecule has 10 heteroatoms. The summed E-state index contributed by atoms with van der Waals surface area (Å²) in [7, 11) is 0. The number of benzene rings is 3. The van der Waals surface area contributed by atoms with E-state index in [1.165, 1.54) is 6.07 Å². The fourth-order valence-corrected chi connectivity index (χ4v) is 4.10. The molecule has 0 aliphatic carbocycles. The number of carbonyl (C=O) groups is 3. The highest BCUT2D eigenvalue weighted by Crippen LogP contribution is 2.34. The second-order valence-corrected chi connectivity index (χ2v) is 8.78. The van der Waals surface area contributed by atoms with Gasteiger partial charge in [0.2, 0.25) is 11.8 Å². The molecule has 38 heavy (non-hydrogen) atoms. The Kier molecular flexibility index (Phi) is 8.22. The number of rotatable bonds is 10. The van der Waals surface area contributed by atoms with Crippen molar-refractivity contribution >= 4 is 35.0 Å². The highest BCUT2D eigenvalue weighted by atomic mass is 16.5. The number of piperidine rings is 1. The summed E-state index contributed by atoms with van der Waals surface area (Å²) in [5, 5.41) is 19.4. The Morgan fingerprint density at radius 3 is 2.53 bits per heavy atom. The normalized spacial score (nSPS) is 13.1. The van der Waals surface area contributed by atoms with Crippen molar-refractivity contribution in [1.82, 2.24) is 0 Å². The third-order valence-electron chi connectivity index (χ3n) is 5.85. The van der Waals surface area contributed by atoms with Crippen LogP contribution in [0.1, 0.15) is 30.4 Å². The van der Waals surface area contributed by atoms with E-state index in [4.69, 9.17) is 25.7 Å². The molecule has 0 unspecified atom stereocenters. The summed E-state index contributed by atoms with van der Waals surface area (Å²) >= 11 is 0. The lowest BCUT2D eigenvalue weighted by Gasteiger charge is -2.28. The van der Waals surface area contributed by atoms with Gasteiger partial charge in [-0.15, -0.1) is 0 Å². The van der Waals surface area contributed by atoms with Crippen LogP contribution in [0.25, 0.3) is 0 Å². The molecule has 0 saturated carbocycles. The number of nitrogens with zero attached hydrogens (tertiary/aromatic N) is 1. The van der Waals surface area contributed by atoms with Gasteiger partial charge in [-0.05, 0) is 54.8 Å². The van der Waals surface area contributed by atoms with Crippen LogP contribution in [0.4, 0.5) is 11.4 Å². The fourth-order valence-electron chi connectivity index (χ4n) is 4.10. The highest BCUT2D eigenvalue weighted by molar-refractivity contribution is 5.97. The van der Waals surface area contributed by atoms with Gasteiger partial charge < -0.3 is 30.5 Å². The molecule has 0 radical (unpaired) electrons. The number of ether oxygens (including phenoxy) is 2. The second kappa shape index (κ2) is 11.9. The molecule has 0 atom stereocenters. The van der Waals surface area contributed by atoms with E-state index in [2.05, 4.69) is 5.32 Å². The first-order valence-electron chi connectivity index (χ1n) is 12.1. The van der Waals surface area contributed by atoms with Crippen molar-refractivity contribution in [3.8, 4) is 17.2 Å². The molecule has 196 valence electrons. The zero-order chi connectivity index (χ0) is 27.1.